The first-order chi connectivity index (χ1) is 14.3. The molecule has 1 aliphatic heterocycles. The number of hydrogen-bond donors (Lipinski definition) is 0. The Bertz CT molecular complexity index is 928. The second kappa shape index (κ2) is 8.15. The van der Waals surface area contributed by atoms with Gasteiger partial charge in [0.2, 0.25) is 5.91 Å². The van der Waals surface area contributed by atoms with Gasteiger partial charge in [-0.2, -0.15) is 5.10 Å². The molecule has 3 fully saturated rings. The summed E-state index contributed by atoms with van der Waals surface area (Å²) in [5.74, 6) is 1.62. The van der Waals surface area contributed by atoms with E-state index in [-0.39, 0.29) is 11.2 Å². The largest absolute Gasteiger partial charge is 0.285 e. The fourth-order valence-corrected chi connectivity index (χ4v) is 6.21. The Morgan fingerprint density at radius 2 is 1.76 bits per heavy atom. The molecule has 2 aromatic rings. The van der Waals surface area contributed by atoms with E-state index in [4.69, 9.17) is 0 Å². The van der Waals surface area contributed by atoms with Crippen LogP contribution in [0.5, 0.6) is 0 Å². The smallest absolute Gasteiger partial charge is 0.242 e. The van der Waals surface area contributed by atoms with Crippen LogP contribution in [0, 0.1) is 11.8 Å². The molecule has 5 rings (SSSR count). The number of benzene rings is 2. The van der Waals surface area contributed by atoms with E-state index in [1.807, 2.05) is 53.4 Å². The van der Waals surface area contributed by atoms with Gasteiger partial charge in [0, 0.05) is 6.04 Å². The topological polar surface area (TPSA) is 45.0 Å². The first-order valence-electron chi connectivity index (χ1n) is 10.5. The highest BCUT2D eigenvalue weighted by Crippen LogP contribution is 2.49. The molecule has 0 unspecified atom stereocenters. The van der Waals surface area contributed by atoms with E-state index in [2.05, 4.69) is 22.3 Å². The zero-order chi connectivity index (χ0) is 19.6. The van der Waals surface area contributed by atoms with Gasteiger partial charge in [-0.25, -0.2) is 0 Å². The number of fused-ring (bicyclic) bond motifs is 2. The minimum absolute atomic E-state index is 0.109. The highest BCUT2D eigenvalue weighted by atomic mass is 32.2. The molecule has 0 aromatic heterocycles. The standard InChI is InChI=1S/C24H25N3OS/c28-23-22(15-17-7-3-1-4-8-17)29-24(26-25-16-18-9-5-2-6-10-18)27(23)21-14-19-11-12-20(21)13-19/h1-10,16,19-22H,11-15H2/b25-16-,26-24+/t19-,20-,21+,22-/m1/s1. The van der Waals surface area contributed by atoms with Gasteiger partial charge in [-0.05, 0) is 48.6 Å². The Kier molecular flexibility index (Phi) is 5.23. The molecule has 4 nitrogen and oxygen atoms in total. The van der Waals surface area contributed by atoms with Gasteiger partial charge in [-0.1, -0.05) is 78.8 Å². The van der Waals surface area contributed by atoms with E-state index in [0.717, 1.165) is 29.5 Å². The summed E-state index contributed by atoms with van der Waals surface area (Å²) in [6, 6.07) is 20.5. The van der Waals surface area contributed by atoms with Crippen LogP contribution in [0.15, 0.2) is 70.9 Å². The van der Waals surface area contributed by atoms with Crippen molar-refractivity contribution in [3.05, 3.63) is 71.8 Å². The van der Waals surface area contributed by atoms with Crippen LogP contribution in [0.4, 0.5) is 0 Å². The summed E-state index contributed by atoms with van der Waals surface area (Å²) in [6.45, 7) is 0. The number of amidine groups is 1. The SMILES string of the molecule is O=C1[C@@H](Cc2ccccc2)S/C(=N/N=C\c2ccccc2)N1[C@H]1C[C@@H]2CC[C@@H]1C2. The van der Waals surface area contributed by atoms with Crippen LogP contribution in [-0.2, 0) is 11.2 Å². The number of carbonyl (C=O) groups is 1. The normalized spacial score (nSPS) is 30.1. The van der Waals surface area contributed by atoms with E-state index in [1.165, 1.54) is 24.8 Å². The molecular weight excluding hydrogens is 378 g/mol. The second-order valence-corrected chi connectivity index (χ2v) is 9.45. The third-order valence-corrected chi connectivity index (χ3v) is 7.55. The van der Waals surface area contributed by atoms with Gasteiger partial charge in [0.05, 0.1) is 11.5 Å². The van der Waals surface area contributed by atoms with Crippen molar-refractivity contribution in [2.24, 2.45) is 22.0 Å². The lowest BCUT2D eigenvalue weighted by Crippen LogP contribution is -2.44. The molecule has 3 aliphatic rings. The van der Waals surface area contributed by atoms with E-state index < -0.39 is 0 Å². The molecule has 5 heteroatoms. The number of amides is 1. The number of thioether (sulfide) groups is 1. The van der Waals surface area contributed by atoms with Crippen molar-refractivity contribution in [3.63, 3.8) is 0 Å². The predicted octanol–water partition coefficient (Wildman–Crippen LogP) is 4.75. The molecule has 2 bridgehead atoms. The van der Waals surface area contributed by atoms with Crippen LogP contribution in [0.2, 0.25) is 0 Å². The lowest BCUT2D eigenvalue weighted by Gasteiger charge is -2.30. The summed E-state index contributed by atoms with van der Waals surface area (Å²) in [5, 5.41) is 9.53. The van der Waals surface area contributed by atoms with Crippen molar-refractivity contribution in [1.29, 1.82) is 0 Å². The summed E-state index contributed by atoms with van der Waals surface area (Å²) in [4.78, 5) is 15.4. The number of rotatable bonds is 5. The van der Waals surface area contributed by atoms with Crippen LogP contribution in [-0.4, -0.2) is 33.5 Å². The third-order valence-electron chi connectivity index (χ3n) is 6.41. The van der Waals surface area contributed by atoms with Crippen LogP contribution in [0.25, 0.3) is 0 Å². The molecule has 0 radical (unpaired) electrons. The van der Waals surface area contributed by atoms with Crippen molar-refractivity contribution in [2.45, 2.75) is 43.4 Å². The maximum atomic E-state index is 13.4. The van der Waals surface area contributed by atoms with Gasteiger partial charge in [-0.3, -0.25) is 9.69 Å². The van der Waals surface area contributed by atoms with E-state index in [1.54, 1.807) is 18.0 Å². The van der Waals surface area contributed by atoms with Gasteiger partial charge in [-0.15, -0.1) is 5.10 Å². The van der Waals surface area contributed by atoms with Gasteiger partial charge in [0.15, 0.2) is 5.17 Å². The van der Waals surface area contributed by atoms with Gasteiger partial charge in [0.25, 0.3) is 0 Å². The van der Waals surface area contributed by atoms with Crippen LogP contribution in [0.1, 0.15) is 36.8 Å². The molecule has 29 heavy (non-hydrogen) atoms. The minimum atomic E-state index is -0.109. The Labute approximate surface area is 176 Å². The monoisotopic (exact) mass is 403 g/mol. The summed E-state index contributed by atoms with van der Waals surface area (Å²) >= 11 is 1.58. The third kappa shape index (κ3) is 3.88. The van der Waals surface area contributed by atoms with E-state index in [9.17, 15) is 4.79 Å². The maximum Gasteiger partial charge on any atom is 0.242 e. The summed E-state index contributed by atoms with van der Waals surface area (Å²) in [5.41, 5.74) is 2.21. The molecule has 1 amide bonds. The Hall–Kier alpha value is -2.40. The number of hydrogen-bond acceptors (Lipinski definition) is 4. The van der Waals surface area contributed by atoms with Gasteiger partial charge >= 0.3 is 0 Å². The quantitative estimate of drug-likeness (QED) is 0.534. The number of carbonyl (C=O) groups excluding carboxylic acids is 1. The van der Waals surface area contributed by atoms with Crippen molar-refractivity contribution >= 4 is 29.1 Å². The van der Waals surface area contributed by atoms with Crippen molar-refractivity contribution < 1.29 is 4.79 Å². The van der Waals surface area contributed by atoms with E-state index >= 15 is 0 Å². The Morgan fingerprint density at radius 3 is 2.45 bits per heavy atom. The first-order valence-corrected chi connectivity index (χ1v) is 11.4. The molecule has 4 atom stereocenters. The summed E-state index contributed by atoms with van der Waals surface area (Å²) < 4.78 is 0. The van der Waals surface area contributed by atoms with Crippen molar-refractivity contribution in [1.82, 2.24) is 4.90 Å². The Balaban J connectivity index is 1.39. The molecule has 0 spiro atoms. The van der Waals surface area contributed by atoms with E-state index in [0.29, 0.717) is 12.0 Å². The molecular formula is C24H25N3OS. The van der Waals surface area contributed by atoms with Gasteiger partial charge in [0.1, 0.15) is 0 Å². The molecule has 148 valence electrons. The lowest BCUT2D eigenvalue weighted by atomic mass is 9.94. The molecule has 1 saturated heterocycles. The lowest BCUT2D eigenvalue weighted by molar-refractivity contribution is -0.128. The van der Waals surface area contributed by atoms with Crippen molar-refractivity contribution in [2.75, 3.05) is 0 Å². The number of nitrogens with zero attached hydrogens (tertiary/aromatic N) is 3. The molecule has 1 heterocycles. The summed E-state index contributed by atoms with van der Waals surface area (Å²) in [6.07, 6.45) is 7.46. The predicted molar refractivity (Wildman–Crippen MR) is 119 cm³/mol. The highest BCUT2D eigenvalue weighted by Gasteiger charge is 2.49. The minimum Gasteiger partial charge on any atom is -0.285 e. The van der Waals surface area contributed by atoms with Crippen LogP contribution < -0.4 is 0 Å². The average molecular weight is 404 g/mol. The first kappa shape index (κ1) is 18.6. The average Bonchev–Trinajstić information content (AvgIpc) is 3.45. The zero-order valence-electron chi connectivity index (χ0n) is 16.4. The Morgan fingerprint density at radius 1 is 1.00 bits per heavy atom. The van der Waals surface area contributed by atoms with Crippen LogP contribution >= 0.6 is 11.8 Å². The van der Waals surface area contributed by atoms with Crippen LogP contribution in [0.3, 0.4) is 0 Å². The zero-order valence-corrected chi connectivity index (χ0v) is 17.2. The molecule has 2 saturated carbocycles. The fraction of sp³-hybridized carbons (Fsp3) is 0.375. The summed E-state index contributed by atoms with van der Waals surface area (Å²) in [7, 11) is 0. The maximum absolute atomic E-state index is 13.4. The highest BCUT2D eigenvalue weighted by molar-refractivity contribution is 8.15. The molecule has 0 N–H and O–H groups in total. The fourth-order valence-electron chi connectivity index (χ4n) is 5.03. The molecule has 2 aromatic carbocycles. The second-order valence-electron chi connectivity index (χ2n) is 8.28. The van der Waals surface area contributed by atoms with Crippen molar-refractivity contribution in [3.8, 4) is 0 Å². The van der Waals surface area contributed by atoms with Gasteiger partial charge < -0.3 is 0 Å². The molecule has 2 aliphatic carbocycles.